The molecule has 1 N–H and O–H groups in total. The molecular formula is C23H28N2O2. The van der Waals surface area contributed by atoms with E-state index in [0.29, 0.717) is 6.54 Å². The molecule has 4 rings (SSSR count). The van der Waals surface area contributed by atoms with E-state index in [-0.39, 0.29) is 24.0 Å². The van der Waals surface area contributed by atoms with Gasteiger partial charge in [-0.25, -0.2) is 0 Å². The van der Waals surface area contributed by atoms with E-state index in [2.05, 4.69) is 24.1 Å². The third-order valence-corrected chi connectivity index (χ3v) is 6.54. The summed E-state index contributed by atoms with van der Waals surface area (Å²) in [6.07, 6.45) is 3.07. The highest BCUT2D eigenvalue weighted by atomic mass is 16.3. The molecule has 0 radical (unpaired) electrons. The Morgan fingerprint density at radius 2 is 1.74 bits per heavy atom. The van der Waals surface area contributed by atoms with Crippen molar-refractivity contribution in [2.75, 3.05) is 33.3 Å². The SMILES string of the molecule is CN1CCC[C@]2(CO)CCN(C(=O)c3ccc(-c4ccccc4)cc3)C[C@@H]12. The Kier molecular flexibility index (Phi) is 5.02. The number of amides is 1. The summed E-state index contributed by atoms with van der Waals surface area (Å²) in [5.74, 6) is 0.0973. The molecule has 0 spiro atoms. The molecule has 2 fully saturated rings. The first-order valence-corrected chi connectivity index (χ1v) is 9.89. The Morgan fingerprint density at radius 1 is 1.04 bits per heavy atom. The van der Waals surface area contributed by atoms with Gasteiger partial charge in [0.2, 0.25) is 0 Å². The maximum absolute atomic E-state index is 13.1. The third kappa shape index (κ3) is 3.40. The largest absolute Gasteiger partial charge is 0.396 e. The number of carbonyl (C=O) groups is 1. The first kappa shape index (κ1) is 18.2. The van der Waals surface area contributed by atoms with Crippen molar-refractivity contribution in [3.63, 3.8) is 0 Å². The van der Waals surface area contributed by atoms with E-state index in [0.717, 1.165) is 49.0 Å². The highest BCUT2D eigenvalue weighted by molar-refractivity contribution is 5.94. The van der Waals surface area contributed by atoms with Crippen molar-refractivity contribution < 1.29 is 9.90 Å². The fourth-order valence-corrected chi connectivity index (χ4v) is 4.82. The number of hydrogen-bond acceptors (Lipinski definition) is 3. The zero-order valence-corrected chi connectivity index (χ0v) is 16.0. The molecule has 0 aromatic heterocycles. The van der Waals surface area contributed by atoms with E-state index >= 15 is 0 Å². The number of aliphatic hydroxyl groups is 1. The summed E-state index contributed by atoms with van der Waals surface area (Å²) in [6.45, 7) is 2.69. The minimum atomic E-state index is -0.0407. The normalized spacial score (nSPS) is 25.9. The van der Waals surface area contributed by atoms with Crippen LogP contribution in [0.15, 0.2) is 54.6 Å². The number of fused-ring (bicyclic) bond motifs is 1. The molecule has 0 saturated carbocycles. The molecule has 0 unspecified atom stereocenters. The molecule has 2 aliphatic rings. The summed E-state index contributed by atoms with van der Waals surface area (Å²) < 4.78 is 0. The van der Waals surface area contributed by atoms with Gasteiger partial charge in [0.05, 0.1) is 6.61 Å². The monoisotopic (exact) mass is 364 g/mol. The molecular weight excluding hydrogens is 336 g/mol. The van der Waals surface area contributed by atoms with Gasteiger partial charge in [0.15, 0.2) is 0 Å². The fourth-order valence-electron chi connectivity index (χ4n) is 4.82. The van der Waals surface area contributed by atoms with Crippen molar-refractivity contribution >= 4 is 5.91 Å². The predicted molar refractivity (Wildman–Crippen MR) is 108 cm³/mol. The van der Waals surface area contributed by atoms with Gasteiger partial charge in [0, 0.05) is 30.1 Å². The number of likely N-dealkylation sites (tertiary alicyclic amines) is 2. The maximum atomic E-state index is 13.1. The smallest absolute Gasteiger partial charge is 0.253 e. The highest BCUT2D eigenvalue weighted by Gasteiger charge is 2.47. The number of nitrogens with zero attached hydrogens (tertiary/aromatic N) is 2. The molecule has 27 heavy (non-hydrogen) atoms. The second kappa shape index (κ2) is 7.45. The van der Waals surface area contributed by atoms with Gasteiger partial charge in [-0.2, -0.15) is 0 Å². The summed E-state index contributed by atoms with van der Waals surface area (Å²) >= 11 is 0. The van der Waals surface area contributed by atoms with Gasteiger partial charge in [-0.15, -0.1) is 0 Å². The van der Waals surface area contributed by atoms with Gasteiger partial charge >= 0.3 is 0 Å². The summed E-state index contributed by atoms with van der Waals surface area (Å²) in [7, 11) is 2.12. The Labute approximate surface area is 161 Å². The van der Waals surface area contributed by atoms with Crippen LogP contribution in [0.1, 0.15) is 29.6 Å². The number of likely N-dealkylation sites (N-methyl/N-ethyl adjacent to an activating group) is 1. The van der Waals surface area contributed by atoms with E-state index in [9.17, 15) is 9.90 Å². The lowest BCUT2D eigenvalue weighted by atomic mass is 9.69. The van der Waals surface area contributed by atoms with Crippen molar-refractivity contribution in [2.45, 2.75) is 25.3 Å². The number of rotatable bonds is 3. The van der Waals surface area contributed by atoms with Crippen LogP contribution in [-0.4, -0.2) is 60.1 Å². The van der Waals surface area contributed by atoms with Crippen LogP contribution in [0.4, 0.5) is 0 Å². The van der Waals surface area contributed by atoms with Crippen LogP contribution in [-0.2, 0) is 0 Å². The molecule has 4 nitrogen and oxygen atoms in total. The molecule has 2 aliphatic heterocycles. The maximum Gasteiger partial charge on any atom is 0.253 e. The minimum Gasteiger partial charge on any atom is -0.396 e. The molecule has 142 valence electrons. The summed E-state index contributed by atoms with van der Waals surface area (Å²) in [5.41, 5.74) is 2.98. The molecule has 0 aliphatic carbocycles. The molecule has 2 atom stereocenters. The number of hydrogen-bond donors (Lipinski definition) is 1. The van der Waals surface area contributed by atoms with Gasteiger partial charge < -0.3 is 14.9 Å². The highest BCUT2D eigenvalue weighted by Crippen LogP contribution is 2.41. The number of carbonyl (C=O) groups excluding carboxylic acids is 1. The van der Waals surface area contributed by atoms with Crippen LogP contribution < -0.4 is 0 Å². The van der Waals surface area contributed by atoms with Crippen molar-refractivity contribution in [3.8, 4) is 11.1 Å². The molecule has 2 saturated heterocycles. The third-order valence-electron chi connectivity index (χ3n) is 6.54. The predicted octanol–water partition coefficient (Wildman–Crippen LogP) is 3.27. The number of piperidine rings is 2. The number of benzene rings is 2. The minimum absolute atomic E-state index is 0.0407. The topological polar surface area (TPSA) is 43.8 Å². The van der Waals surface area contributed by atoms with E-state index < -0.39 is 0 Å². The average molecular weight is 364 g/mol. The van der Waals surface area contributed by atoms with Crippen molar-refractivity contribution in [3.05, 3.63) is 60.2 Å². The molecule has 0 bridgehead atoms. The quantitative estimate of drug-likeness (QED) is 0.909. The first-order valence-electron chi connectivity index (χ1n) is 9.89. The van der Waals surface area contributed by atoms with Gasteiger partial charge in [-0.3, -0.25) is 4.79 Å². The molecule has 2 aromatic carbocycles. The molecule has 1 amide bonds. The van der Waals surface area contributed by atoms with Crippen LogP contribution in [0.25, 0.3) is 11.1 Å². The van der Waals surface area contributed by atoms with Gasteiger partial charge in [-0.1, -0.05) is 42.5 Å². The van der Waals surface area contributed by atoms with Gasteiger partial charge in [0.1, 0.15) is 0 Å². The average Bonchev–Trinajstić information content (AvgIpc) is 2.74. The summed E-state index contributed by atoms with van der Waals surface area (Å²) in [4.78, 5) is 17.4. The second-order valence-electron chi connectivity index (χ2n) is 8.06. The van der Waals surface area contributed by atoms with E-state index in [1.165, 1.54) is 0 Å². The Balaban J connectivity index is 1.50. The van der Waals surface area contributed by atoms with E-state index in [1.54, 1.807) is 0 Å². The lowest BCUT2D eigenvalue weighted by Crippen LogP contribution is -2.62. The summed E-state index contributed by atoms with van der Waals surface area (Å²) in [6, 6.07) is 18.4. The first-order chi connectivity index (χ1) is 13.1. The van der Waals surface area contributed by atoms with Crippen LogP contribution in [0.2, 0.25) is 0 Å². The fraction of sp³-hybridized carbons (Fsp3) is 0.435. The van der Waals surface area contributed by atoms with Crippen LogP contribution in [0, 0.1) is 5.41 Å². The second-order valence-corrected chi connectivity index (χ2v) is 8.06. The lowest BCUT2D eigenvalue weighted by Gasteiger charge is -2.53. The lowest BCUT2D eigenvalue weighted by molar-refractivity contribution is -0.0601. The standard InChI is InChI=1S/C23H28N2O2/c1-24-14-5-12-23(17-26)13-15-25(16-21(23)24)22(27)20-10-8-19(9-11-20)18-6-3-2-4-7-18/h2-4,6-11,21,26H,5,12-17H2,1H3/t21-,23-/m1/s1. The van der Waals surface area contributed by atoms with Crippen molar-refractivity contribution in [1.82, 2.24) is 9.80 Å². The van der Waals surface area contributed by atoms with Crippen LogP contribution in [0.5, 0.6) is 0 Å². The van der Waals surface area contributed by atoms with E-state index in [4.69, 9.17) is 0 Å². The zero-order valence-electron chi connectivity index (χ0n) is 16.0. The van der Waals surface area contributed by atoms with Crippen LogP contribution in [0.3, 0.4) is 0 Å². The zero-order chi connectivity index (χ0) is 18.9. The summed E-state index contributed by atoms with van der Waals surface area (Å²) in [5, 5.41) is 10.0. The Bertz CT molecular complexity index is 790. The van der Waals surface area contributed by atoms with Crippen LogP contribution >= 0.6 is 0 Å². The number of aliphatic hydroxyl groups excluding tert-OH is 1. The Morgan fingerprint density at radius 3 is 2.44 bits per heavy atom. The molecule has 2 aromatic rings. The molecule has 2 heterocycles. The van der Waals surface area contributed by atoms with E-state index in [1.807, 2.05) is 47.4 Å². The Hall–Kier alpha value is -2.17. The van der Waals surface area contributed by atoms with Gasteiger partial charge in [0.25, 0.3) is 5.91 Å². The van der Waals surface area contributed by atoms with Crippen molar-refractivity contribution in [1.29, 1.82) is 0 Å². The molecule has 4 heteroatoms. The van der Waals surface area contributed by atoms with Crippen molar-refractivity contribution in [2.24, 2.45) is 5.41 Å². The van der Waals surface area contributed by atoms with Gasteiger partial charge in [-0.05, 0) is 56.1 Å².